The van der Waals surface area contributed by atoms with Gasteiger partial charge in [-0.05, 0) is 44.5 Å². The Balaban J connectivity index is 1.88. The Kier molecular flexibility index (Phi) is 4.51. The third-order valence-corrected chi connectivity index (χ3v) is 3.62. The van der Waals surface area contributed by atoms with E-state index in [9.17, 15) is 0 Å². The summed E-state index contributed by atoms with van der Waals surface area (Å²) in [5.41, 5.74) is 1.28. The van der Waals surface area contributed by atoms with E-state index < -0.39 is 0 Å². The van der Waals surface area contributed by atoms with Crippen molar-refractivity contribution in [2.24, 2.45) is 0 Å². The lowest BCUT2D eigenvalue weighted by atomic mass is 10.0. The average Bonchev–Trinajstić information content (AvgIpc) is 2.40. The predicted molar refractivity (Wildman–Crippen MR) is 70.9 cm³/mol. The molecule has 0 aliphatic carbocycles. The van der Waals surface area contributed by atoms with E-state index in [1.165, 1.54) is 38.0 Å². The molecule has 2 rings (SSSR count). The summed E-state index contributed by atoms with van der Waals surface area (Å²) in [5, 5.41) is 3.72. The zero-order valence-corrected chi connectivity index (χ0v) is 10.9. The molecule has 3 heteroatoms. The molecule has 2 unspecified atom stereocenters. The highest BCUT2D eigenvalue weighted by Crippen LogP contribution is 2.15. The summed E-state index contributed by atoms with van der Waals surface area (Å²) in [4.78, 5) is 6.70. The monoisotopic (exact) mass is 233 g/mol. The second-order valence-electron chi connectivity index (χ2n) is 4.91. The number of pyridine rings is 1. The maximum atomic E-state index is 4.18. The van der Waals surface area contributed by atoms with Gasteiger partial charge in [0.25, 0.3) is 0 Å². The summed E-state index contributed by atoms with van der Waals surface area (Å²) in [6.07, 6.45) is 6.39. The van der Waals surface area contributed by atoms with Crippen molar-refractivity contribution >= 4 is 0 Å². The van der Waals surface area contributed by atoms with Gasteiger partial charge in [-0.1, -0.05) is 13.0 Å². The van der Waals surface area contributed by atoms with Crippen molar-refractivity contribution in [3.8, 4) is 0 Å². The molecule has 2 heterocycles. The molecule has 94 valence electrons. The number of likely N-dealkylation sites (N-methyl/N-ethyl adjacent to an activating group) is 1. The SMILES string of the molecule is CCN1CCCC(NC(C)c2cccnc2)C1. The maximum Gasteiger partial charge on any atom is 0.0315 e. The standard InChI is InChI=1S/C14H23N3/c1-3-17-9-5-7-14(11-17)16-12(2)13-6-4-8-15-10-13/h4,6,8,10,12,14,16H,3,5,7,9,11H2,1-2H3. The van der Waals surface area contributed by atoms with Crippen LogP contribution in [0, 0.1) is 0 Å². The van der Waals surface area contributed by atoms with Crippen molar-refractivity contribution in [3.63, 3.8) is 0 Å². The van der Waals surface area contributed by atoms with Crippen LogP contribution in [-0.4, -0.2) is 35.6 Å². The molecule has 0 amide bonds. The largest absolute Gasteiger partial charge is 0.306 e. The lowest BCUT2D eigenvalue weighted by Gasteiger charge is -2.34. The number of rotatable bonds is 4. The van der Waals surface area contributed by atoms with E-state index in [0.717, 1.165) is 0 Å². The minimum Gasteiger partial charge on any atom is -0.306 e. The van der Waals surface area contributed by atoms with Crippen molar-refractivity contribution in [2.75, 3.05) is 19.6 Å². The van der Waals surface area contributed by atoms with Gasteiger partial charge in [0.15, 0.2) is 0 Å². The number of aromatic nitrogens is 1. The summed E-state index contributed by atoms with van der Waals surface area (Å²) < 4.78 is 0. The van der Waals surface area contributed by atoms with E-state index in [1.807, 2.05) is 18.5 Å². The van der Waals surface area contributed by atoms with Gasteiger partial charge in [0.2, 0.25) is 0 Å². The summed E-state index contributed by atoms with van der Waals surface area (Å²) >= 11 is 0. The van der Waals surface area contributed by atoms with E-state index in [2.05, 4.69) is 35.1 Å². The van der Waals surface area contributed by atoms with Crippen molar-refractivity contribution in [3.05, 3.63) is 30.1 Å². The molecule has 1 aromatic heterocycles. The first-order chi connectivity index (χ1) is 8.29. The first-order valence-corrected chi connectivity index (χ1v) is 6.68. The van der Waals surface area contributed by atoms with Crippen LogP contribution in [0.15, 0.2) is 24.5 Å². The minimum absolute atomic E-state index is 0.394. The molecule has 0 spiro atoms. The number of hydrogen-bond donors (Lipinski definition) is 1. The molecule has 0 saturated carbocycles. The van der Waals surface area contributed by atoms with Crippen LogP contribution in [0.25, 0.3) is 0 Å². The van der Waals surface area contributed by atoms with Gasteiger partial charge in [-0.15, -0.1) is 0 Å². The molecule has 0 radical (unpaired) electrons. The highest BCUT2D eigenvalue weighted by molar-refractivity contribution is 5.13. The summed E-state index contributed by atoms with van der Waals surface area (Å²) in [6, 6.07) is 5.17. The topological polar surface area (TPSA) is 28.2 Å². The quantitative estimate of drug-likeness (QED) is 0.864. The van der Waals surface area contributed by atoms with Gasteiger partial charge in [0.1, 0.15) is 0 Å². The molecule has 2 atom stereocenters. The molecular weight excluding hydrogens is 210 g/mol. The van der Waals surface area contributed by atoms with Crippen LogP contribution in [0.2, 0.25) is 0 Å². The van der Waals surface area contributed by atoms with Crippen molar-refractivity contribution in [2.45, 2.75) is 38.8 Å². The highest BCUT2D eigenvalue weighted by atomic mass is 15.2. The molecule has 17 heavy (non-hydrogen) atoms. The number of piperidine rings is 1. The van der Waals surface area contributed by atoms with E-state index in [4.69, 9.17) is 0 Å². The molecule has 0 aromatic carbocycles. The fourth-order valence-corrected chi connectivity index (χ4v) is 2.56. The number of hydrogen-bond acceptors (Lipinski definition) is 3. The Hall–Kier alpha value is -0.930. The van der Waals surface area contributed by atoms with E-state index in [1.54, 1.807) is 0 Å². The summed E-state index contributed by atoms with van der Waals surface area (Å²) in [6.45, 7) is 8.07. The molecule has 0 bridgehead atoms. The Morgan fingerprint density at radius 1 is 1.59 bits per heavy atom. The third-order valence-electron chi connectivity index (χ3n) is 3.62. The highest BCUT2D eigenvalue weighted by Gasteiger charge is 2.20. The molecule has 1 N–H and O–H groups in total. The molecule has 1 aliphatic rings. The number of likely N-dealkylation sites (tertiary alicyclic amines) is 1. The third kappa shape index (κ3) is 3.51. The van der Waals surface area contributed by atoms with Crippen molar-refractivity contribution < 1.29 is 0 Å². The number of nitrogens with one attached hydrogen (secondary N) is 1. The van der Waals surface area contributed by atoms with Crippen LogP contribution >= 0.6 is 0 Å². The van der Waals surface area contributed by atoms with Gasteiger partial charge in [-0.2, -0.15) is 0 Å². The van der Waals surface area contributed by atoms with Gasteiger partial charge < -0.3 is 10.2 Å². The van der Waals surface area contributed by atoms with E-state index in [0.29, 0.717) is 12.1 Å². The zero-order chi connectivity index (χ0) is 12.1. The van der Waals surface area contributed by atoms with E-state index >= 15 is 0 Å². The van der Waals surface area contributed by atoms with Gasteiger partial charge in [-0.3, -0.25) is 4.98 Å². The van der Waals surface area contributed by atoms with E-state index in [-0.39, 0.29) is 0 Å². The van der Waals surface area contributed by atoms with Crippen LogP contribution in [0.4, 0.5) is 0 Å². The van der Waals surface area contributed by atoms with Gasteiger partial charge >= 0.3 is 0 Å². The summed E-state index contributed by atoms with van der Waals surface area (Å²) in [5.74, 6) is 0. The Bertz CT molecular complexity index is 325. The summed E-state index contributed by atoms with van der Waals surface area (Å²) in [7, 11) is 0. The number of nitrogens with zero attached hydrogens (tertiary/aromatic N) is 2. The second-order valence-corrected chi connectivity index (χ2v) is 4.91. The minimum atomic E-state index is 0.394. The smallest absolute Gasteiger partial charge is 0.0315 e. The Morgan fingerprint density at radius 3 is 3.18 bits per heavy atom. The van der Waals surface area contributed by atoms with Crippen LogP contribution in [0.3, 0.4) is 0 Å². The second kappa shape index (κ2) is 6.12. The van der Waals surface area contributed by atoms with Crippen molar-refractivity contribution in [1.29, 1.82) is 0 Å². The lowest BCUT2D eigenvalue weighted by Crippen LogP contribution is -2.46. The molecular formula is C14H23N3. The zero-order valence-electron chi connectivity index (χ0n) is 10.9. The van der Waals surface area contributed by atoms with Crippen LogP contribution in [0.5, 0.6) is 0 Å². The molecule has 1 aromatic rings. The first-order valence-electron chi connectivity index (χ1n) is 6.68. The van der Waals surface area contributed by atoms with Crippen LogP contribution < -0.4 is 5.32 Å². The molecule has 1 fully saturated rings. The van der Waals surface area contributed by atoms with Gasteiger partial charge in [0.05, 0.1) is 0 Å². The fourth-order valence-electron chi connectivity index (χ4n) is 2.56. The maximum absolute atomic E-state index is 4.18. The lowest BCUT2D eigenvalue weighted by molar-refractivity contribution is 0.192. The molecule has 3 nitrogen and oxygen atoms in total. The first kappa shape index (κ1) is 12.5. The van der Waals surface area contributed by atoms with Crippen LogP contribution in [0.1, 0.15) is 38.3 Å². The molecule has 1 aliphatic heterocycles. The normalized spacial score (nSPS) is 23.5. The average molecular weight is 233 g/mol. The Labute approximate surface area is 104 Å². The van der Waals surface area contributed by atoms with Crippen LogP contribution in [-0.2, 0) is 0 Å². The predicted octanol–water partition coefficient (Wildman–Crippen LogP) is 2.22. The Morgan fingerprint density at radius 2 is 2.47 bits per heavy atom. The van der Waals surface area contributed by atoms with Crippen molar-refractivity contribution in [1.82, 2.24) is 15.2 Å². The fraction of sp³-hybridized carbons (Fsp3) is 0.643. The molecule has 1 saturated heterocycles. The van der Waals surface area contributed by atoms with Gasteiger partial charge in [0, 0.05) is 31.0 Å². The van der Waals surface area contributed by atoms with Gasteiger partial charge in [-0.25, -0.2) is 0 Å².